The van der Waals surface area contributed by atoms with E-state index in [9.17, 15) is 18.0 Å². The third kappa shape index (κ3) is 14.7. The fourth-order valence-corrected chi connectivity index (χ4v) is 6.18. The topological polar surface area (TPSA) is 128 Å². The fourth-order valence-electron chi connectivity index (χ4n) is 5.76. The highest BCUT2D eigenvalue weighted by Crippen LogP contribution is 2.37. The Morgan fingerprint density at radius 1 is 0.762 bits per heavy atom. The molecule has 11 heteroatoms. The molecule has 0 aromatic carbocycles. The normalized spacial score (nSPS) is 22.0. The molecule has 10 nitrogen and oxygen atoms in total. The molecule has 0 aromatic heterocycles. The van der Waals surface area contributed by atoms with Crippen molar-refractivity contribution in [3.8, 4) is 0 Å². The molecule has 42 heavy (non-hydrogen) atoms. The summed E-state index contributed by atoms with van der Waals surface area (Å²) in [5.41, 5.74) is 4.30. The summed E-state index contributed by atoms with van der Waals surface area (Å²) in [4.78, 5) is 28.3. The van der Waals surface area contributed by atoms with Crippen LogP contribution in [-0.2, 0) is 23.8 Å². The van der Waals surface area contributed by atoms with E-state index in [1.54, 1.807) is 0 Å². The number of hydrogen-bond donors (Lipinski definition) is 1. The average molecular weight is 620 g/mol. The molecule has 0 saturated carbocycles. The van der Waals surface area contributed by atoms with Crippen molar-refractivity contribution in [3.05, 3.63) is 0 Å². The number of carbonyl (C=O) groups is 2. The lowest BCUT2D eigenvalue weighted by Crippen LogP contribution is -2.45. The van der Waals surface area contributed by atoms with Gasteiger partial charge in [-0.25, -0.2) is 9.59 Å². The van der Waals surface area contributed by atoms with Gasteiger partial charge in [-0.1, -0.05) is 12.8 Å². The molecule has 2 unspecified atom stereocenters. The van der Waals surface area contributed by atoms with Crippen LogP contribution in [0.4, 0.5) is 9.59 Å². The van der Waals surface area contributed by atoms with Gasteiger partial charge in [0.1, 0.15) is 11.2 Å². The van der Waals surface area contributed by atoms with Crippen LogP contribution in [0, 0.1) is 11.8 Å². The maximum absolute atomic E-state index is 12.3. The van der Waals surface area contributed by atoms with E-state index in [0.29, 0.717) is 24.8 Å². The smallest absolute Gasteiger partial charge is 0.410 e. The van der Waals surface area contributed by atoms with E-state index in [1.165, 1.54) is 0 Å². The molecule has 0 bridgehead atoms. The summed E-state index contributed by atoms with van der Waals surface area (Å²) >= 11 is 0. The number of likely N-dealkylation sites (tertiary alicyclic amines) is 2. The predicted molar refractivity (Wildman–Crippen MR) is 168 cm³/mol. The van der Waals surface area contributed by atoms with Crippen LogP contribution in [0.25, 0.3) is 0 Å². The lowest BCUT2D eigenvalue weighted by molar-refractivity contribution is 0.0118. The molecule has 2 N–H and O–H groups in total. The van der Waals surface area contributed by atoms with Crippen LogP contribution in [0.15, 0.2) is 0 Å². The number of unbranched alkanes of at least 4 members (excludes halogenated alkanes) is 2. The van der Waals surface area contributed by atoms with E-state index in [1.807, 2.05) is 51.3 Å². The van der Waals surface area contributed by atoms with E-state index in [4.69, 9.17) is 19.4 Å². The first-order valence-electron chi connectivity index (χ1n) is 15.5. The Kier molecular flexibility index (Phi) is 14.1. The lowest BCUT2D eigenvalue weighted by Gasteiger charge is -2.33. The molecule has 2 atom stereocenters. The van der Waals surface area contributed by atoms with Gasteiger partial charge in [0.25, 0.3) is 10.1 Å². The highest BCUT2D eigenvalue weighted by Gasteiger charge is 2.43. The highest BCUT2D eigenvalue weighted by atomic mass is 32.2. The predicted octanol–water partition coefficient (Wildman–Crippen LogP) is 6.32. The monoisotopic (exact) mass is 619 g/mol. The maximum atomic E-state index is 12.3. The molecule has 0 aliphatic carbocycles. The van der Waals surface area contributed by atoms with Gasteiger partial charge in [0.2, 0.25) is 0 Å². The van der Waals surface area contributed by atoms with E-state index in [2.05, 4.69) is 27.7 Å². The lowest BCUT2D eigenvalue weighted by atomic mass is 9.93. The largest absolute Gasteiger partial charge is 0.444 e. The summed E-state index contributed by atoms with van der Waals surface area (Å²) in [5, 5.41) is 0. The van der Waals surface area contributed by atoms with Gasteiger partial charge in [-0.05, 0) is 126 Å². The fraction of sp³-hybridized carbons (Fsp3) is 0.935. The van der Waals surface area contributed by atoms with E-state index >= 15 is 0 Å². The van der Waals surface area contributed by atoms with Crippen LogP contribution in [-0.4, -0.2) is 85.2 Å². The van der Waals surface area contributed by atoms with Crippen molar-refractivity contribution in [2.45, 2.75) is 143 Å². The summed E-state index contributed by atoms with van der Waals surface area (Å²) in [6.07, 6.45) is 8.53. The number of nitrogens with zero attached hydrogens (tertiary/aromatic N) is 2. The van der Waals surface area contributed by atoms with Gasteiger partial charge in [0, 0.05) is 24.2 Å². The van der Waals surface area contributed by atoms with Crippen molar-refractivity contribution < 1.29 is 31.7 Å². The number of ether oxygens (including phenoxy) is 2. The summed E-state index contributed by atoms with van der Waals surface area (Å²) in [6, 6.07) is 0. The van der Waals surface area contributed by atoms with Gasteiger partial charge < -0.3 is 25.0 Å². The molecular weight excluding hydrogens is 558 g/mol. The summed E-state index contributed by atoms with van der Waals surface area (Å²) in [7, 11) is -3.35. The summed E-state index contributed by atoms with van der Waals surface area (Å²) in [5.74, 6) is 0.991. The second-order valence-electron chi connectivity index (χ2n) is 15.3. The Morgan fingerprint density at radius 2 is 1.14 bits per heavy atom. The number of hydrogen-bond acceptors (Lipinski definition) is 8. The average Bonchev–Trinajstić information content (AvgIpc) is 3.25. The molecule has 248 valence electrons. The van der Waals surface area contributed by atoms with Crippen LogP contribution in [0.5, 0.6) is 0 Å². The zero-order chi connectivity index (χ0) is 32.6. The van der Waals surface area contributed by atoms with Crippen molar-refractivity contribution in [1.29, 1.82) is 0 Å². The minimum absolute atomic E-state index is 0.101. The molecule has 2 rings (SSSR count). The van der Waals surface area contributed by atoms with Gasteiger partial charge >= 0.3 is 12.2 Å². The van der Waals surface area contributed by atoms with E-state index < -0.39 is 21.3 Å². The van der Waals surface area contributed by atoms with Crippen molar-refractivity contribution >= 4 is 22.3 Å². The first-order valence-corrected chi connectivity index (χ1v) is 17.3. The Labute approximate surface area is 256 Å². The molecule has 2 aliphatic heterocycles. The second kappa shape index (κ2) is 15.4. The van der Waals surface area contributed by atoms with Crippen LogP contribution in [0.1, 0.15) is 121 Å². The van der Waals surface area contributed by atoms with Crippen LogP contribution < -0.4 is 5.73 Å². The maximum Gasteiger partial charge on any atom is 0.410 e. The van der Waals surface area contributed by atoms with Crippen molar-refractivity contribution in [3.63, 3.8) is 0 Å². The molecular formula is C31H61N3O7S. The van der Waals surface area contributed by atoms with Gasteiger partial charge in [-0.15, -0.1) is 0 Å². The Bertz CT molecular complexity index is 968. The Hall–Kier alpha value is -1.59. The number of nitrogens with two attached hydrogens (primary N) is 1. The standard InChI is InChI=1S/C16H31NO5S.C15H30N2O2/c1-15(2,3)22-14(18)17-12-13(11-16(17,4)5)9-7-8-10-21-23(6,19)20;1-14(2,3)19-13(18)17-11-12(8-6-7-9-16)10-15(17,4)5/h13H,7-12H2,1-6H3;12H,6-11,16H2,1-5H3. The Balaban J connectivity index is 0.000000428. The van der Waals surface area contributed by atoms with Crippen molar-refractivity contribution in [2.24, 2.45) is 17.6 Å². The molecule has 0 spiro atoms. The summed E-state index contributed by atoms with van der Waals surface area (Å²) < 4.78 is 37.5. The number of carbonyl (C=O) groups excluding carboxylic acids is 2. The van der Waals surface area contributed by atoms with Crippen molar-refractivity contribution in [1.82, 2.24) is 9.80 Å². The molecule has 2 aliphatic rings. The van der Waals surface area contributed by atoms with Crippen LogP contribution in [0.3, 0.4) is 0 Å². The molecule has 2 saturated heterocycles. The molecule has 2 heterocycles. The number of rotatable bonds is 10. The second-order valence-corrected chi connectivity index (χ2v) is 16.9. The first-order chi connectivity index (χ1) is 19.0. The Morgan fingerprint density at radius 3 is 1.48 bits per heavy atom. The van der Waals surface area contributed by atoms with Gasteiger partial charge in [0.15, 0.2) is 0 Å². The first kappa shape index (κ1) is 38.4. The molecule has 2 amide bonds. The zero-order valence-corrected chi connectivity index (χ0v) is 29.2. The highest BCUT2D eigenvalue weighted by molar-refractivity contribution is 7.85. The van der Waals surface area contributed by atoms with Crippen LogP contribution in [0.2, 0.25) is 0 Å². The van der Waals surface area contributed by atoms with Crippen molar-refractivity contribution in [2.75, 3.05) is 32.5 Å². The minimum Gasteiger partial charge on any atom is -0.444 e. The van der Waals surface area contributed by atoms with Gasteiger partial charge in [0.05, 0.1) is 12.9 Å². The van der Waals surface area contributed by atoms with Crippen LogP contribution >= 0.6 is 0 Å². The van der Waals surface area contributed by atoms with Gasteiger partial charge in [-0.2, -0.15) is 8.42 Å². The SMILES string of the molecule is CC(C)(C)OC(=O)N1CC(CCCCN)CC1(C)C.CC(C)(C)OC(=O)N1CC(CCCCOS(C)(=O)=O)CC1(C)C. The van der Waals surface area contributed by atoms with E-state index in [0.717, 1.165) is 64.3 Å². The van der Waals surface area contributed by atoms with E-state index in [-0.39, 0.29) is 29.9 Å². The van der Waals surface area contributed by atoms with Gasteiger partial charge in [-0.3, -0.25) is 4.18 Å². The summed E-state index contributed by atoms with van der Waals surface area (Å²) in [6.45, 7) is 22.2. The molecule has 0 radical (unpaired) electrons. The third-order valence-electron chi connectivity index (χ3n) is 7.52. The molecule has 2 fully saturated rings. The quantitative estimate of drug-likeness (QED) is 0.222. The molecule has 0 aromatic rings. The zero-order valence-electron chi connectivity index (χ0n) is 28.4. The minimum atomic E-state index is -3.35. The number of amides is 2. The third-order valence-corrected chi connectivity index (χ3v) is 8.11.